The molecule has 0 saturated carbocycles. The maximum absolute atomic E-state index is 12.0. The molecular weight excluding hydrogens is 244 g/mol. The van der Waals surface area contributed by atoms with E-state index in [0.29, 0.717) is 6.61 Å². The molecule has 0 aromatic carbocycles. The number of ether oxygens (including phenoxy) is 2. The molecule has 0 bridgehead atoms. The number of likely N-dealkylation sites (tertiary alicyclic amines) is 1. The third kappa shape index (κ3) is 4.66. The van der Waals surface area contributed by atoms with Gasteiger partial charge < -0.3 is 19.7 Å². The Morgan fingerprint density at radius 2 is 2.00 bits per heavy atom. The molecule has 2 aliphatic heterocycles. The molecule has 1 N–H and O–H groups in total. The van der Waals surface area contributed by atoms with Crippen molar-refractivity contribution in [1.82, 2.24) is 10.2 Å². The van der Waals surface area contributed by atoms with Crippen LogP contribution >= 0.6 is 0 Å². The number of carbonyl (C=O) groups excluding carboxylic acids is 1. The van der Waals surface area contributed by atoms with Gasteiger partial charge in [-0.15, -0.1) is 0 Å². The van der Waals surface area contributed by atoms with Gasteiger partial charge in [-0.2, -0.15) is 0 Å². The number of hydrogen-bond acceptors (Lipinski definition) is 4. The van der Waals surface area contributed by atoms with Crippen LogP contribution in [0.5, 0.6) is 0 Å². The van der Waals surface area contributed by atoms with Gasteiger partial charge in [0.25, 0.3) is 0 Å². The standard InChI is InChI=1S/C14H26N2O3/c1-14(2)11-15-9-12(19-14)10-18-13(17)16-7-5-3-4-6-8-16/h12,15H,3-11H2,1-2H3. The van der Waals surface area contributed by atoms with Crippen LogP contribution in [0.2, 0.25) is 0 Å². The molecule has 5 heteroatoms. The van der Waals surface area contributed by atoms with Crippen LogP contribution in [0, 0.1) is 0 Å². The van der Waals surface area contributed by atoms with Crippen LogP contribution in [-0.2, 0) is 9.47 Å². The van der Waals surface area contributed by atoms with Crippen molar-refractivity contribution in [2.45, 2.75) is 51.2 Å². The van der Waals surface area contributed by atoms with Crippen LogP contribution in [-0.4, -0.2) is 55.5 Å². The lowest BCUT2D eigenvalue weighted by Crippen LogP contribution is -2.52. The van der Waals surface area contributed by atoms with Crippen molar-refractivity contribution in [3.63, 3.8) is 0 Å². The SMILES string of the molecule is CC1(C)CNCC(COC(=O)N2CCCCCC2)O1. The first-order valence-corrected chi connectivity index (χ1v) is 7.37. The van der Waals surface area contributed by atoms with Crippen molar-refractivity contribution >= 4 is 6.09 Å². The highest BCUT2D eigenvalue weighted by atomic mass is 16.6. The topological polar surface area (TPSA) is 50.8 Å². The molecule has 0 aromatic heterocycles. The first-order valence-electron chi connectivity index (χ1n) is 7.37. The Balaban J connectivity index is 1.73. The van der Waals surface area contributed by atoms with Crippen LogP contribution in [0.15, 0.2) is 0 Å². The molecule has 0 aliphatic carbocycles. The minimum Gasteiger partial charge on any atom is -0.447 e. The summed E-state index contributed by atoms with van der Waals surface area (Å²) in [6.07, 6.45) is 4.38. The van der Waals surface area contributed by atoms with Crippen LogP contribution in [0.1, 0.15) is 39.5 Å². The van der Waals surface area contributed by atoms with Gasteiger partial charge in [0.05, 0.1) is 5.60 Å². The number of hydrogen-bond donors (Lipinski definition) is 1. The summed E-state index contributed by atoms with van der Waals surface area (Å²) in [7, 11) is 0. The second-order valence-electron chi connectivity index (χ2n) is 6.11. The van der Waals surface area contributed by atoms with Crippen LogP contribution in [0.25, 0.3) is 0 Å². The van der Waals surface area contributed by atoms with E-state index in [4.69, 9.17) is 9.47 Å². The molecule has 0 radical (unpaired) electrons. The lowest BCUT2D eigenvalue weighted by Gasteiger charge is -2.36. The highest BCUT2D eigenvalue weighted by Crippen LogP contribution is 2.16. The molecular formula is C14H26N2O3. The number of amides is 1. The molecule has 2 aliphatic rings. The first-order chi connectivity index (χ1) is 9.07. The van der Waals surface area contributed by atoms with E-state index >= 15 is 0 Å². The monoisotopic (exact) mass is 270 g/mol. The van der Waals surface area contributed by atoms with E-state index in [1.807, 2.05) is 18.7 Å². The normalized spacial score (nSPS) is 27.7. The number of nitrogens with one attached hydrogen (secondary N) is 1. The van der Waals surface area contributed by atoms with Gasteiger partial charge in [0.15, 0.2) is 0 Å². The summed E-state index contributed by atoms with van der Waals surface area (Å²) in [6, 6.07) is 0. The van der Waals surface area contributed by atoms with Gasteiger partial charge in [0.1, 0.15) is 12.7 Å². The zero-order valence-electron chi connectivity index (χ0n) is 12.1. The van der Waals surface area contributed by atoms with Gasteiger partial charge >= 0.3 is 6.09 Å². The van der Waals surface area contributed by atoms with E-state index in [0.717, 1.165) is 39.0 Å². The van der Waals surface area contributed by atoms with Crippen molar-refractivity contribution in [3.8, 4) is 0 Å². The largest absolute Gasteiger partial charge is 0.447 e. The second-order valence-corrected chi connectivity index (χ2v) is 6.11. The molecule has 1 amide bonds. The Kier molecular flexibility index (Phi) is 5.05. The van der Waals surface area contributed by atoms with E-state index < -0.39 is 0 Å². The molecule has 1 atom stereocenters. The third-order valence-corrected chi connectivity index (χ3v) is 3.67. The summed E-state index contributed by atoms with van der Waals surface area (Å²) in [6.45, 7) is 7.67. The maximum Gasteiger partial charge on any atom is 0.409 e. The number of nitrogens with zero attached hydrogens (tertiary/aromatic N) is 1. The van der Waals surface area contributed by atoms with Gasteiger partial charge in [-0.3, -0.25) is 0 Å². The molecule has 0 spiro atoms. The highest BCUT2D eigenvalue weighted by Gasteiger charge is 2.29. The van der Waals surface area contributed by atoms with E-state index in [2.05, 4.69) is 5.32 Å². The molecule has 110 valence electrons. The summed E-state index contributed by atoms with van der Waals surface area (Å²) in [5, 5.41) is 3.31. The van der Waals surface area contributed by atoms with E-state index in [1.54, 1.807) is 0 Å². The Morgan fingerprint density at radius 3 is 2.63 bits per heavy atom. The molecule has 19 heavy (non-hydrogen) atoms. The number of rotatable bonds is 2. The lowest BCUT2D eigenvalue weighted by atomic mass is 10.1. The van der Waals surface area contributed by atoms with Gasteiger partial charge in [-0.1, -0.05) is 12.8 Å². The van der Waals surface area contributed by atoms with Crippen LogP contribution in [0.3, 0.4) is 0 Å². The fourth-order valence-electron chi connectivity index (χ4n) is 2.67. The Morgan fingerprint density at radius 1 is 1.32 bits per heavy atom. The van der Waals surface area contributed by atoms with E-state index in [9.17, 15) is 4.79 Å². The van der Waals surface area contributed by atoms with Crippen molar-refractivity contribution in [3.05, 3.63) is 0 Å². The maximum atomic E-state index is 12.0. The minimum absolute atomic E-state index is 0.0420. The predicted molar refractivity (Wildman–Crippen MR) is 73.2 cm³/mol. The van der Waals surface area contributed by atoms with E-state index in [-0.39, 0.29) is 17.8 Å². The third-order valence-electron chi connectivity index (χ3n) is 3.67. The predicted octanol–water partition coefficient (Wildman–Crippen LogP) is 1.77. The van der Waals surface area contributed by atoms with Crippen LogP contribution in [0.4, 0.5) is 4.79 Å². The van der Waals surface area contributed by atoms with Gasteiger partial charge in [0.2, 0.25) is 0 Å². The van der Waals surface area contributed by atoms with E-state index in [1.165, 1.54) is 12.8 Å². The highest BCUT2D eigenvalue weighted by molar-refractivity contribution is 5.67. The summed E-state index contributed by atoms with van der Waals surface area (Å²) in [4.78, 5) is 13.8. The lowest BCUT2D eigenvalue weighted by molar-refractivity contribution is -0.112. The van der Waals surface area contributed by atoms with Crippen molar-refractivity contribution < 1.29 is 14.3 Å². The smallest absolute Gasteiger partial charge is 0.409 e. The summed E-state index contributed by atoms with van der Waals surface area (Å²) in [5.74, 6) is 0. The summed E-state index contributed by atoms with van der Waals surface area (Å²) in [5.41, 5.74) is -0.183. The van der Waals surface area contributed by atoms with Crippen LogP contribution < -0.4 is 5.32 Å². The Labute approximate surface area is 115 Å². The molecule has 2 heterocycles. The molecule has 2 saturated heterocycles. The van der Waals surface area contributed by atoms with Crippen molar-refractivity contribution in [2.75, 3.05) is 32.8 Å². The Hall–Kier alpha value is -0.810. The molecule has 1 unspecified atom stereocenters. The number of morpholine rings is 1. The van der Waals surface area contributed by atoms with Crippen molar-refractivity contribution in [1.29, 1.82) is 0 Å². The average Bonchev–Trinajstić information content (AvgIpc) is 2.63. The molecule has 2 fully saturated rings. The van der Waals surface area contributed by atoms with Gasteiger partial charge in [-0.25, -0.2) is 4.79 Å². The van der Waals surface area contributed by atoms with Gasteiger partial charge in [0, 0.05) is 26.2 Å². The first kappa shape index (κ1) is 14.6. The van der Waals surface area contributed by atoms with Crippen molar-refractivity contribution in [2.24, 2.45) is 0 Å². The fourth-order valence-corrected chi connectivity index (χ4v) is 2.67. The summed E-state index contributed by atoms with van der Waals surface area (Å²) < 4.78 is 11.3. The average molecular weight is 270 g/mol. The zero-order valence-corrected chi connectivity index (χ0v) is 12.1. The molecule has 2 rings (SSSR count). The van der Waals surface area contributed by atoms with Gasteiger partial charge in [-0.05, 0) is 26.7 Å². The molecule has 5 nitrogen and oxygen atoms in total. The fraction of sp³-hybridized carbons (Fsp3) is 0.929. The second kappa shape index (κ2) is 6.57. The number of carbonyl (C=O) groups is 1. The zero-order chi connectivity index (χ0) is 13.7. The molecule has 0 aromatic rings. The minimum atomic E-state index is -0.186. The quantitative estimate of drug-likeness (QED) is 0.831. The summed E-state index contributed by atoms with van der Waals surface area (Å²) >= 11 is 0. The Bertz CT molecular complexity index is 299.